The van der Waals surface area contributed by atoms with E-state index in [1.807, 2.05) is 0 Å². The highest BCUT2D eigenvalue weighted by Gasteiger charge is 2.50. The van der Waals surface area contributed by atoms with Crippen molar-refractivity contribution in [2.45, 2.75) is 97.8 Å². The van der Waals surface area contributed by atoms with Crippen molar-refractivity contribution in [3.63, 3.8) is 0 Å². The van der Waals surface area contributed by atoms with Crippen LogP contribution in [0.1, 0.15) is 101 Å². The summed E-state index contributed by atoms with van der Waals surface area (Å²) in [5.41, 5.74) is 28.8. The fourth-order valence-electron chi connectivity index (χ4n) is 13.3. The molecule has 10 aromatic rings. The monoisotopic (exact) mass is 1020 g/mol. The molecule has 0 spiro atoms. The van der Waals surface area contributed by atoms with Crippen molar-refractivity contribution in [2.75, 3.05) is 14.6 Å². The smallest absolute Gasteiger partial charge is 0.333 e. The maximum Gasteiger partial charge on any atom is 0.333 e. The SMILES string of the molecule is CCCCc1ccc(N2B3c4c(cc(-c5ccccc5)cc4N(c4ccc(CCCC)cc4-c4ccccc4)c4ccc5c(c43)-c3ccccc3C5(C)C)-c3ccc(N(c4ccccc4)c4ccc(CCCC)cc4)cc32)cc1. The van der Waals surface area contributed by atoms with E-state index in [9.17, 15) is 0 Å². The van der Waals surface area contributed by atoms with Gasteiger partial charge in [-0.25, -0.2) is 0 Å². The second-order valence-corrected chi connectivity index (χ2v) is 22.8. The van der Waals surface area contributed by atoms with Gasteiger partial charge in [-0.05, 0) is 190 Å². The summed E-state index contributed by atoms with van der Waals surface area (Å²) >= 11 is 0. The summed E-state index contributed by atoms with van der Waals surface area (Å²) in [6.07, 6.45) is 10.2. The van der Waals surface area contributed by atoms with Crippen molar-refractivity contribution in [3.05, 3.63) is 252 Å². The summed E-state index contributed by atoms with van der Waals surface area (Å²) in [5.74, 6) is 0. The predicted octanol–water partition coefficient (Wildman–Crippen LogP) is 19.5. The lowest BCUT2D eigenvalue weighted by molar-refractivity contribution is 0.660. The first-order valence-electron chi connectivity index (χ1n) is 29.3. The Morgan fingerprint density at radius 3 is 1.63 bits per heavy atom. The van der Waals surface area contributed by atoms with Gasteiger partial charge in [-0.15, -0.1) is 0 Å². The molecular formula is C75H70BN3. The van der Waals surface area contributed by atoms with Crippen LogP contribution in [0.3, 0.4) is 0 Å². The van der Waals surface area contributed by atoms with Gasteiger partial charge in [0.05, 0.1) is 5.69 Å². The van der Waals surface area contributed by atoms with Gasteiger partial charge < -0.3 is 14.6 Å². The Labute approximate surface area is 470 Å². The molecular weight excluding hydrogens is 954 g/mol. The minimum Gasteiger partial charge on any atom is -0.376 e. The molecule has 2 heterocycles. The molecule has 0 fully saturated rings. The number of nitrogens with zero attached hydrogens (tertiary/aromatic N) is 3. The zero-order valence-corrected chi connectivity index (χ0v) is 46.6. The number of hydrogen-bond acceptors (Lipinski definition) is 3. The molecule has 10 aromatic carbocycles. The van der Waals surface area contributed by atoms with Crippen LogP contribution in [-0.2, 0) is 24.7 Å². The van der Waals surface area contributed by atoms with Gasteiger partial charge in [-0.2, -0.15) is 0 Å². The standard InChI is InChI=1S/C75H70BN3/c1-6-9-23-52-34-39-59(40-35-52)77(58-30-19-14-20-31-58)61-43-44-62-65-49-57(55-26-15-12-16-27-55)50-71-73(65)76(79(70(62)51-61)60-41-36-53(37-42-60)24-10-7-2)74-69(47-45-67-72(74)63-32-21-22-33-66(63)75(67,4)5)78(71)68-46-38-54(25-11-8-3)48-64(68)56-28-17-13-18-29-56/h12-22,26-51H,6-11,23-25H2,1-5H3. The number of anilines is 8. The lowest BCUT2D eigenvalue weighted by atomic mass is 9.42. The van der Waals surface area contributed by atoms with E-state index in [4.69, 9.17) is 0 Å². The molecule has 2 aliphatic heterocycles. The molecule has 4 heteroatoms. The highest BCUT2D eigenvalue weighted by molar-refractivity contribution is 6.94. The number of benzene rings is 10. The largest absolute Gasteiger partial charge is 0.376 e. The number of aryl methyl sites for hydroxylation is 3. The van der Waals surface area contributed by atoms with E-state index < -0.39 is 0 Å². The van der Waals surface area contributed by atoms with Gasteiger partial charge in [0.1, 0.15) is 0 Å². The number of rotatable bonds is 16. The van der Waals surface area contributed by atoms with Crippen LogP contribution in [0.4, 0.5) is 45.5 Å². The lowest BCUT2D eigenvalue weighted by Crippen LogP contribution is -2.62. The van der Waals surface area contributed by atoms with Gasteiger partial charge in [0.2, 0.25) is 0 Å². The third-order valence-electron chi connectivity index (χ3n) is 17.4. The van der Waals surface area contributed by atoms with Gasteiger partial charge in [-0.1, -0.05) is 199 Å². The molecule has 3 nitrogen and oxygen atoms in total. The Balaban J connectivity index is 1.15. The molecule has 0 atom stereocenters. The van der Waals surface area contributed by atoms with E-state index >= 15 is 0 Å². The number of unbranched alkanes of at least 4 members (excludes halogenated alkanes) is 3. The van der Waals surface area contributed by atoms with Crippen molar-refractivity contribution in [2.24, 2.45) is 0 Å². The van der Waals surface area contributed by atoms with E-state index in [0.29, 0.717) is 0 Å². The molecule has 0 aromatic heterocycles. The van der Waals surface area contributed by atoms with E-state index in [1.54, 1.807) is 0 Å². The minimum atomic E-state index is -0.212. The predicted molar refractivity (Wildman–Crippen MR) is 339 cm³/mol. The molecule has 0 saturated carbocycles. The molecule has 0 radical (unpaired) electrons. The molecule has 3 aliphatic rings. The third kappa shape index (κ3) is 8.87. The van der Waals surface area contributed by atoms with Crippen molar-refractivity contribution >= 4 is 63.3 Å². The molecule has 0 amide bonds. The maximum atomic E-state index is 2.74. The summed E-state index contributed by atoms with van der Waals surface area (Å²) in [6.45, 7) is 11.5. The highest BCUT2D eigenvalue weighted by Crippen LogP contribution is 2.55. The Kier molecular flexibility index (Phi) is 13.4. The highest BCUT2D eigenvalue weighted by atomic mass is 15.2. The van der Waals surface area contributed by atoms with Crippen molar-refractivity contribution < 1.29 is 0 Å². The summed E-state index contributed by atoms with van der Waals surface area (Å²) in [4.78, 5) is 7.87. The Morgan fingerprint density at radius 2 is 0.949 bits per heavy atom. The number of para-hydroxylation sites is 1. The van der Waals surface area contributed by atoms with Crippen LogP contribution < -0.4 is 25.5 Å². The fraction of sp³-hybridized carbons (Fsp3) is 0.200. The van der Waals surface area contributed by atoms with Crippen LogP contribution in [0.5, 0.6) is 0 Å². The van der Waals surface area contributed by atoms with Crippen LogP contribution in [0.2, 0.25) is 0 Å². The normalized spacial score (nSPS) is 13.4. The summed E-state index contributed by atoms with van der Waals surface area (Å²) in [5, 5.41) is 0. The van der Waals surface area contributed by atoms with Crippen LogP contribution >= 0.6 is 0 Å². The summed E-state index contributed by atoms with van der Waals surface area (Å²) in [7, 11) is 0. The van der Waals surface area contributed by atoms with E-state index in [0.717, 1.165) is 49.2 Å². The van der Waals surface area contributed by atoms with Crippen molar-refractivity contribution in [3.8, 4) is 44.5 Å². The van der Waals surface area contributed by atoms with Crippen LogP contribution in [0.25, 0.3) is 44.5 Å². The first kappa shape index (κ1) is 50.2. The second-order valence-electron chi connectivity index (χ2n) is 22.8. The average Bonchev–Trinajstić information content (AvgIpc) is 3.84. The van der Waals surface area contributed by atoms with Crippen LogP contribution in [0, 0.1) is 0 Å². The molecule has 13 rings (SSSR count). The molecule has 1 aliphatic carbocycles. The van der Waals surface area contributed by atoms with Crippen LogP contribution in [-0.4, -0.2) is 6.85 Å². The zero-order valence-electron chi connectivity index (χ0n) is 46.6. The average molecular weight is 1020 g/mol. The van der Waals surface area contributed by atoms with E-state index in [1.165, 1.54) is 137 Å². The number of fused-ring (bicyclic) bond motifs is 8. The Bertz CT molecular complexity index is 3830. The zero-order chi connectivity index (χ0) is 53.6. The van der Waals surface area contributed by atoms with Crippen molar-refractivity contribution in [1.29, 1.82) is 0 Å². The maximum absolute atomic E-state index is 2.74. The van der Waals surface area contributed by atoms with Gasteiger partial charge in [0.15, 0.2) is 0 Å². The fourth-order valence-corrected chi connectivity index (χ4v) is 13.3. The van der Waals surface area contributed by atoms with Gasteiger partial charge >= 0.3 is 6.85 Å². The molecule has 388 valence electrons. The first-order chi connectivity index (χ1) is 38.8. The minimum absolute atomic E-state index is 0.200. The first-order valence-corrected chi connectivity index (χ1v) is 29.3. The quantitative estimate of drug-likeness (QED) is 0.0893. The Hall–Kier alpha value is -8.34. The lowest BCUT2D eigenvalue weighted by Gasteiger charge is -2.47. The van der Waals surface area contributed by atoms with E-state index in [-0.39, 0.29) is 12.3 Å². The molecule has 0 unspecified atom stereocenters. The number of hydrogen-bond donors (Lipinski definition) is 0. The van der Waals surface area contributed by atoms with Gasteiger partial charge in [-0.3, -0.25) is 0 Å². The third-order valence-corrected chi connectivity index (χ3v) is 17.4. The van der Waals surface area contributed by atoms with Gasteiger partial charge in [0, 0.05) is 56.4 Å². The van der Waals surface area contributed by atoms with Gasteiger partial charge in [0.25, 0.3) is 0 Å². The Morgan fingerprint density at radius 1 is 0.380 bits per heavy atom. The summed E-state index contributed by atoms with van der Waals surface area (Å²) in [6, 6.07) is 86.0. The molecule has 79 heavy (non-hydrogen) atoms. The molecule has 0 N–H and O–H groups in total. The van der Waals surface area contributed by atoms with E-state index in [2.05, 4.69) is 274 Å². The second kappa shape index (κ2) is 21.1. The van der Waals surface area contributed by atoms with Crippen molar-refractivity contribution in [1.82, 2.24) is 0 Å². The van der Waals surface area contributed by atoms with Crippen LogP contribution in [0.15, 0.2) is 224 Å². The topological polar surface area (TPSA) is 9.72 Å². The summed E-state index contributed by atoms with van der Waals surface area (Å²) < 4.78 is 0. The molecule has 0 saturated heterocycles. The molecule has 0 bridgehead atoms.